The average Bonchev–Trinajstić information content (AvgIpc) is 2.86. The van der Waals surface area contributed by atoms with E-state index in [2.05, 4.69) is 10.3 Å². The van der Waals surface area contributed by atoms with Gasteiger partial charge in [-0.05, 0) is 26.2 Å². The van der Waals surface area contributed by atoms with Crippen LogP contribution in [0, 0.1) is 12.8 Å². The zero-order valence-corrected chi connectivity index (χ0v) is 9.47. The van der Waals surface area contributed by atoms with Gasteiger partial charge in [0.25, 0.3) is 5.91 Å². The molecule has 0 aromatic carbocycles. The van der Waals surface area contributed by atoms with Crippen LogP contribution in [0.3, 0.4) is 0 Å². The fourth-order valence-electron chi connectivity index (χ4n) is 2.11. The van der Waals surface area contributed by atoms with E-state index in [0.717, 1.165) is 0 Å². The quantitative estimate of drug-likeness (QED) is 0.818. The molecule has 17 heavy (non-hydrogen) atoms. The first-order valence-electron chi connectivity index (χ1n) is 5.51. The van der Waals surface area contributed by atoms with Crippen LogP contribution in [0.5, 0.6) is 0 Å². The van der Waals surface area contributed by atoms with Crippen molar-refractivity contribution in [3.8, 4) is 0 Å². The predicted molar refractivity (Wildman–Crippen MR) is 57.5 cm³/mol. The van der Waals surface area contributed by atoms with Gasteiger partial charge in [-0.15, -0.1) is 0 Å². The zero-order chi connectivity index (χ0) is 12.4. The lowest BCUT2D eigenvalue weighted by atomic mass is 10.1. The Morgan fingerprint density at radius 2 is 2.29 bits per heavy atom. The Morgan fingerprint density at radius 1 is 1.53 bits per heavy atom. The Morgan fingerprint density at radius 3 is 2.82 bits per heavy atom. The minimum Gasteiger partial charge on any atom is -0.481 e. The summed E-state index contributed by atoms with van der Waals surface area (Å²) in [7, 11) is 0. The summed E-state index contributed by atoms with van der Waals surface area (Å²) < 4.78 is 4.94. The number of hydrogen-bond donors (Lipinski definition) is 2. The summed E-state index contributed by atoms with van der Waals surface area (Å²) in [5.41, 5.74) is 0.267. The van der Waals surface area contributed by atoms with Gasteiger partial charge in [0.2, 0.25) is 0 Å². The van der Waals surface area contributed by atoms with E-state index in [1.807, 2.05) is 0 Å². The van der Waals surface area contributed by atoms with Crippen LogP contribution in [0.1, 0.15) is 35.5 Å². The number of aliphatic carboxylic acids is 1. The standard InChI is InChI=1S/C11H14N2O4/c1-6-9(12-5-17-6)10(14)13-8-3-2-7(4-8)11(15)16/h5,7-8H,2-4H2,1H3,(H,13,14)(H,15,16)/t7-,8+/m0/s1. The minimum atomic E-state index is -0.792. The Hall–Kier alpha value is -1.85. The lowest BCUT2D eigenvalue weighted by molar-refractivity contribution is -0.141. The summed E-state index contributed by atoms with van der Waals surface area (Å²) in [5.74, 6) is -0.972. The lowest BCUT2D eigenvalue weighted by Crippen LogP contribution is -2.33. The number of rotatable bonds is 3. The van der Waals surface area contributed by atoms with E-state index in [1.165, 1.54) is 6.39 Å². The molecular formula is C11H14N2O4. The first kappa shape index (κ1) is 11.6. The maximum absolute atomic E-state index is 11.8. The molecule has 0 radical (unpaired) electrons. The molecule has 1 fully saturated rings. The maximum Gasteiger partial charge on any atom is 0.306 e. The van der Waals surface area contributed by atoms with Gasteiger partial charge >= 0.3 is 5.97 Å². The second kappa shape index (κ2) is 4.57. The number of carbonyl (C=O) groups is 2. The Bertz CT molecular complexity index is 440. The minimum absolute atomic E-state index is 0.0836. The monoisotopic (exact) mass is 238 g/mol. The average molecular weight is 238 g/mol. The highest BCUT2D eigenvalue weighted by Gasteiger charge is 2.31. The van der Waals surface area contributed by atoms with Crippen molar-refractivity contribution in [2.45, 2.75) is 32.2 Å². The number of amides is 1. The van der Waals surface area contributed by atoms with Crippen molar-refractivity contribution in [2.24, 2.45) is 5.92 Å². The molecule has 1 aliphatic carbocycles. The van der Waals surface area contributed by atoms with Gasteiger partial charge in [-0.2, -0.15) is 0 Å². The number of aromatic nitrogens is 1. The topological polar surface area (TPSA) is 92.4 Å². The van der Waals surface area contributed by atoms with Gasteiger partial charge in [0.1, 0.15) is 5.76 Å². The van der Waals surface area contributed by atoms with Gasteiger partial charge in [-0.25, -0.2) is 4.98 Å². The van der Waals surface area contributed by atoms with Crippen LogP contribution in [-0.2, 0) is 4.79 Å². The molecule has 2 rings (SSSR count). The van der Waals surface area contributed by atoms with Crippen molar-refractivity contribution in [3.63, 3.8) is 0 Å². The van der Waals surface area contributed by atoms with Gasteiger partial charge in [0, 0.05) is 6.04 Å². The summed E-state index contributed by atoms with van der Waals surface area (Å²) in [4.78, 5) is 26.4. The Labute approximate surface area is 98.0 Å². The third kappa shape index (κ3) is 2.46. The van der Waals surface area contributed by atoms with Crippen LogP contribution < -0.4 is 5.32 Å². The summed E-state index contributed by atoms with van der Waals surface area (Å²) in [6, 6.07) is -0.0836. The lowest BCUT2D eigenvalue weighted by Gasteiger charge is -2.11. The molecule has 0 spiro atoms. The number of carbonyl (C=O) groups excluding carboxylic acids is 1. The van der Waals surface area contributed by atoms with Crippen LogP contribution >= 0.6 is 0 Å². The van der Waals surface area contributed by atoms with Gasteiger partial charge in [-0.3, -0.25) is 9.59 Å². The first-order chi connectivity index (χ1) is 8.08. The van der Waals surface area contributed by atoms with E-state index >= 15 is 0 Å². The molecule has 0 unspecified atom stereocenters. The van der Waals surface area contributed by atoms with E-state index in [0.29, 0.717) is 25.0 Å². The van der Waals surface area contributed by atoms with E-state index in [-0.39, 0.29) is 23.6 Å². The maximum atomic E-state index is 11.8. The number of oxazole rings is 1. The number of nitrogens with one attached hydrogen (secondary N) is 1. The highest BCUT2D eigenvalue weighted by atomic mass is 16.4. The molecule has 1 aromatic heterocycles. The molecule has 0 aliphatic heterocycles. The number of hydrogen-bond acceptors (Lipinski definition) is 4. The molecule has 0 saturated heterocycles. The Balaban J connectivity index is 1.93. The first-order valence-corrected chi connectivity index (χ1v) is 5.51. The van der Waals surface area contributed by atoms with Gasteiger partial charge < -0.3 is 14.8 Å². The molecule has 0 bridgehead atoms. The van der Waals surface area contributed by atoms with Crippen LogP contribution in [-0.4, -0.2) is 28.0 Å². The summed E-state index contributed by atoms with van der Waals surface area (Å²) in [5, 5.41) is 11.6. The van der Waals surface area contributed by atoms with Crippen molar-refractivity contribution in [2.75, 3.05) is 0 Å². The smallest absolute Gasteiger partial charge is 0.306 e. The van der Waals surface area contributed by atoms with Crippen LogP contribution in [0.15, 0.2) is 10.8 Å². The molecule has 2 N–H and O–H groups in total. The second-order valence-electron chi connectivity index (χ2n) is 4.28. The van der Waals surface area contributed by atoms with Crippen molar-refractivity contribution in [3.05, 3.63) is 17.8 Å². The number of carboxylic acids is 1. The molecule has 1 heterocycles. The third-order valence-corrected chi connectivity index (χ3v) is 3.08. The van der Waals surface area contributed by atoms with Crippen LogP contribution in [0.2, 0.25) is 0 Å². The number of nitrogens with zero attached hydrogens (tertiary/aromatic N) is 1. The molecule has 6 nitrogen and oxygen atoms in total. The van der Waals surface area contributed by atoms with E-state index in [9.17, 15) is 9.59 Å². The fourth-order valence-corrected chi connectivity index (χ4v) is 2.11. The molecule has 6 heteroatoms. The van der Waals surface area contributed by atoms with Crippen molar-refractivity contribution in [1.82, 2.24) is 10.3 Å². The fraction of sp³-hybridized carbons (Fsp3) is 0.545. The summed E-state index contributed by atoms with van der Waals surface area (Å²) >= 11 is 0. The summed E-state index contributed by atoms with van der Waals surface area (Å²) in [6.45, 7) is 1.66. The second-order valence-corrected chi connectivity index (χ2v) is 4.28. The highest BCUT2D eigenvalue weighted by Crippen LogP contribution is 2.25. The molecule has 1 amide bonds. The van der Waals surface area contributed by atoms with E-state index in [4.69, 9.17) is 9.52 Å². The molecule has 1 aromatic rings. The number of aryl methyl sites for hydroxylation is 1. The summed E-state index contributed by atoms with van der Waals surface area (Å²) in [6.07, 6.45) is 3.01. The van der Waals surface area contributed by atoms with Gasteiger partial charge in [0.15, 0.2) is 12.1 Å². The largest absolute Gasteiger partial charge is 0.481 e. The molecule has 1 aliphatic rings. The normalized spacial score (nSPS) is 23.6. The van der Waals surface area contributed by atoms with Crippen LogP contribution in [0.25, 0.3) is 0 Å². The number of carboxylic acid groups (broad SMARTS) is 1. The van der Waals surface area contributed by atoms with Crippen LogP contribution in [0.4, 0.5) is 0 Å². The van der Waals surface area contributed by atoms with Crippen molar-refractivity contribution in [1.29, 1.82) is 0 Å². The third-order valence-electron chi connectivity index (χ3n) is 3.08. The van der Waals surface area contributed by atoms with Gasteiger partial charge in [0.05, 0.1) is 5.92 Å². The molecule has 1 saturated carbocycles. The van der Waals surface area contributed by atoms with E-state index < -0.39 is 5.97 Å². The van der Waals surface area contributed by atoms with Crippen molar-refractivity contribution < 1.29 is 19.1 Å². The SMILES string of the molecule is Cc1ocnc1C(=O)N[C@@H]1CC[C@H](C(=O)O)C1. The van der Waals surface area contributed by atoms with Gasteiger partial charge in [-0.1, -0.05) is 0 Å². The molecule has 92 valence electrons. The predicted octanol–water partition coefficient (Wildman–Crippen LogP) is 0.966. The molecule has 2 atom stereocenters. The zero-order valence-electron chi connectivity index (χ0n) is 9.47. The Kier molecular flexibility index (Phi) is 3.12. The highest BCUT2D eigenvalue weighted by molar-refractivity contribution is 5.93. The molecular weight excluding hydrogens is 224 g/mol. The van der Waals surface area contributed by atoms with E-state index in [1.54, 1.807) is 6.92 Å². The van der Waals surface area contributed by atoms with Crippen molar-refractivity contribution >= 4 is 11.9 Å².